The lowest BCUT2D eigenvalue weighted by atomic mass is 9.95. The number of unbranched alkanes of at least 4 members (excludes halogenated alkanes) is 6. The maximum Gasteiger partial charge on any atom is 0.123 e. The van der Waals surface area contributed by atoms with Gasteiger partial charge in [-0.25, -0.2) is 0 Å². The Labute approximate surface area is 182 Å². The zero-order valence-electron chi connectivity index (χ0n) is 18.2. The SMILES string of the molecule is CCCCCCCCCc1ccc(O)c(-c2ccccc2C=Cc2ccccc2)c1. The third-order valence-electron chi connectivity index (χ3n) is 5.64. The highest BCUT2D eigenvalue weighted by atomic mass is 16.3. The van der Waals surface area contributed by atoms with Crippen molar-refractivity contribution in [2.75, 3.05) is 0 Å². The lowest BCUT2D eigenvalue weighted by Gasteiger charge is -2.11. The van der Waals surface area contributed by atoms with E-state index in [0.717, 1.165) is 23.1 Å². The Kier molecular flexibility index (Phi) is 8.78. The van der Waals surface area contributed by atoms with Crippen molar-refractivity contribution < 1.29 is 5.11 Å². The molecule has 3 aromatic carbocycles. The molecule has 0 spiro atoms. The molecule has 0 fully saturated rings. The van der Waals surface area contributed by atoms with Crippen LogP contribution in [0.3, 0.4) is 0 Å². The highest BCUT2D eigenvalue weighted by Crippen LogP contribution is 2.33. The van der Waals surface area contributed by atoms with Gasteiger partial charge in [-0.3, -0.25) is 0 Å². The second kappa shape index (κ2) is 12.0. The fourth-order valence-corrected chi connectivity index (χ4v) is 3.88. The van der Waals surface area contributed by atoms with E-state index in [1.807, 2.05) is 36.4 Å². The summed E-state index contributed by atoms with van der Waals surface area (Å²) in [6.07, 6.45) is 14.6. The zero-order chi connectivity index (χ0) is 21.0. The van der Waals surface area contributed by atoms with Gasteiger partial charge in [0.05, 0.1) is 0 Å². The van der Waals surface area contributed by atoms with E-state index in [-0.39, 0.29) is 0 Å². The summed E-state index contributed by atoms with van der Waals surface area (Å²) in [6, 6.07) is 24.7. The zero-order valence-corrected chi connectivity index (χ0v) is 18.2. The van der Waals surface area contributed by atoms with E-state index < -0.39 is 0 Å². The molecule has 0 aliphatic carbocycles. The quantitative estimate of drug-likeness (QED) is 0.253. The molecule has 3 aromatic rings. The van der Waals surface area contributed by atoms with Crippen molar-refractivity contribution >= 4 is 12.2 Å². The van der Waals surface area contributed by atoms with Crippen molar-refractivity contribution in [2.24, 2.45) is 0 Å². The predicted molar refractivity (Wildman–Crippen MR) is 131 cm³/mol. The van der Waals surface area contributed by atoms with Gasteiger partial charge in [0.15, 0.2) is 0 Å². The summed E-state index contributed by atoms with van der Waals surface area (Å²) >= 11 is 0. The summed E-state index contributed by atoms with van der Waals surface area (Å²) in [6.45, 7) is 2.26. The Hall–Kier alpha value is -2.80. The fraction of sp³-hybridized carbons (Fsp3) is 0.310. The number of phenols is 1. The van der Waals surface area contributed by atoms with Gasteiger partial charge < -0.3 is 5.11 Å². The lowest BCUT2D eigenvalue weighted by Crippen LogP contribution is -1.90. The van der Waals surface area contributed by atoms with E-state index in [1.165, 1.54) is 56.1 Å². The van der Waals surface area contributed by atoms with Crippen LogP contribution in [0.2, 0.25) is 0 Å². The Morgan fingerprint density at radius 3 is 2.17 bits per heavy atom. The molecule has 0 amide bonds. The van der Waals surface area contributed by atoms with Crippen LogP contribution in [0.4, 0.5) is 0 Å². The maximum atomic E-state index is 10.6. The van der Waals surface area contributed by atoms with Gasteiger partial charge in [0.1, 0.15) is 5.75 Å². The second-order valence-electron chi connectivity index (χ2n) is 8.05. The summed E-state index contributed by atoms with van der Waals surface area (Å²) in [5, 5.41) is 10.6. The molecule has 1 N–H and O–H groups in total. The topological polar surface area (TPSA) is 20.2 Å². The van der Waals surface area contributed by atoms with Gasteiger partial charge in [0.2, 0.25) is 0 Å². The highest BCUT2D eigenvalue weighted by Gasteiger charge is 2.09. The molecule has 0 saturated carbocycles. The number of hydrogen-bond acceptors (Lipinski definition) is 1. The van der Waals surface area contributed by atoms with Crippen LogP contribution in [0.5, 0.6) is 5.75 Å². The number of benzene rings is 3. The molecule has 0 bridgehead atoms. The molecule has 0 aliphatic rings. The van der Waals surface area contributed by atoms with Crippen LogP contribution >= 0.6 is 0 Å². The van der Waals surface area contributed by atoms with Crippen molar-refractivity contribution in [1.82, 2.24) is 0 Å². The first-order chi connectivity index (χ1) is 14.8. The van der Waals surface area contributed by atoms with Gasteiger partial charge in [-0.2, -0.15) is 0 Å². The number of phenolic OH excluding ortho intramolecular Hbond substituents is 1. The summed E-state index contributed by atoms with van der Waals surface area (Å²) in [7, 11) is 0. The van der Waals surface area contributed by atoms with Crippen LogP contribution in [-0.2, 0) is 6.42 Å². The molecule has 0 heterocycles. The first-order valence-electron chi connectivity index (χ1n) is 11.4. The van der Waals surface area contributed by atoms with Gasteiger partial charge in [-0.1, -0.05) is 118 Å². The molecule has 0 unspecified atom stereocenters. The van der Waals surface area contributed by atoms with E-state index in [4.69, 9.17) is 0 Å². The highest BCUT2D eigenvalue weighted by molar-refractivity contribution is 5.83. The van der Waals surface area contributed by atoms with E-state index in [2.05, 4.69) is 55.5 Å². The average Bonchev–Trinajstić information content (AvgIpc) is 2.79. The summed E-state index contributed by atoms with van der Waals surface area (Å²) in [5.41, 5.74) is 5.58. The van der Waals surface area contributed by atoms with Crippen LogP contribution in [0.15, 0.2) is 72.8 Å². The molecule has 0 radical (unpaired) electrons. The van der Waals surface area contributed by atoms with E-state index in [1.54, 1.807) is 0 Å². The third-order valence-corrected chi connectivity index (χ3v) is 5.64. The van der Waals surface area contributed by atoms with Crippen molar-refractivity contribution in [1.29, 1.82) is 0 Å². The summed E-state index contributed by atoms with van der Waals surface area (Å²) < 4.78 is 0. The van der Waals surface area contributed by atoms with E-state index in [0.29, 0.717) is 5.75 Å². The van der Waals surface area contributed by atoms with E-state index in [9.17, 15) is 5.11 Å². The number of aryl methyl sites for hydroxylation is 1. The number of hydrogen-bond donors (Lipinski definition) is 1. The van der Waals surface area contributed by atoms with Gasteiger partial charge in [0.25, 0.3) is 0 Å². The van der Waals surface area contributed by atoms with Crippen molar-refractivity contribution in [3.05, 3.63) is 89.5 Å². The van der Waals surface area contributed by atoms with Crippen LogP contribution in [0, 0.1) is 0 Å². The van der Waals surface area contributed by atoms with Crippen molar-refractivity contribution in [3.63, 3.8) is 0 Å². The van der Waals surface area contributed by atoms with Crippen LogP contribution in [-0.4, -0.2) is 5.11 Å². The Morgan fingerprint density at radius 2 is 1.37 bits per heavy atom. The van der Waals surface area contributed by atoms with Crippen molar-refractivity contribution in [3.8, 4) is 16.9 Å². The molecule has 30 heavy (non-hydrogen) atoms. The lowest BCUT2D eigenvalue weighted by molar-refractivity contribution is 0.477. The molecular formula is C29H34O. The summed E-state index contributed by atoms with van der Waals surface area (Å²) in [4.78, 5) is 0. The Bertz CT molecular complexity index is 924. The Balaban J connectivity index is 1.70. The molecule has 3 rings (SSSR count). The van der Waals surface area contributed by atoms with Crippen LogP contribution < -0.4 is 0 Å². The Morgan fingerprint density at radius 1 is 0.667 bits per heavy atom. The van der Waals surface area contributed by atoms with Gasteiger partial charge in [-0.05, 0) is 47.2 Å². The molecule has 0 saturated heterocycles. The monoisotopic (exact) mass is 398 g/mol. The maximum absolute atomic E-state index is 10.6. The minimum atomic E-state index is 0.346. The van der Waals surface area contributed by atoms with Crippen molar-refractivity contribution in [2.45, 2.75) is 58.3 Å². The average molecular weight is 399 g/mol. The third kappa shape index (κ3) is 6.62. The second-order valence-corrected chi connectivity index (χ2v) is 8.05. The molecule has 0 aromatic heterocycles. The minimum absolute atomic E-state index is 0.346. The molecule has 1 nitrogen and oxygen atoms in total. The smallest absolute Gasteiger partial charge is 0.123 e. The van der Waals surface area contributed by atoms with Crippen LogP contribution in [0.1, 0.15) is 68.6 Å². The number of rotatable bonds is 11. The molecular weight excluding hydrogens is 364 g/mol. The van der Waals surface area contributed by atoms with Gasteiger partial charge >= 0.3 is 0 Å². The van der Waals surface area contributed by atoms with E-state index >= 15 is 0 Å². The van der Waals surface area contributed by atoms with Crippen LogP contribution in [0.25, 0.3) is 23.3 Å². The normalized spacial score (nSPS) is 11.2. The summed E-state index contributed by atoms with van der Waals surface area (Å²) in [5.74, 6) is 0.346. The molecule has 1 heteroatoms. The largest absolute Gasteiger partial charge is 0.507 e. The van der Waals surface area contributed by atoms with Gasteiger partial charge in [-0.15, -0.1) is 0 Å². The van der Waals surface area contributed by atoms with Gasteiger partial charge in [0, 0.05) is 5.56 Å². The standard InChI is InChI=1S/C29H34O/c1-2-3-4-5-6-7-9-16-25-20-22-29(30)28(23-25)27-18-13-12-17-26(27)21-19-24-14-10-8-11-15-24/h8,10-15,17-23,30H,2-7,9,16H2,1H3. The fourth-order valence-electron chi connectivity index (χ4n) is 3.88. The molecule has 156 valence electrons. The number of aromatic hydroxyl groups is 1. The predicted octanol–water partition coefficient (Wildman–Crippen LogP) is 8.52. The first kappa shape index (κ1) is 21.9. The molecule has 0 aliphatic heterocycles. The first-order valence-corrected chi connectivity index (χ1v) is 11.4. The molecule has 0 atom stereocenters. The minimum Gasteiger partial charge on any atom is -0.507 e.